The van der Waals surface area contributed by atoms with Crippen LogP contribution in [-0.4, -0.2) is 42.3 Å². The Bertz CT molecular complexity index is 554. The number of hydrogen-bond acceptors (Lipinski definition) is 5. The summed E-state index contributed by atoms with van der Waals surface area (Å²) in [6.45, 7) is 3.61. The fourth-order valence-corrected chi connectivity index (χ4v) is 3.25. The number of halogens is 2. The van der Waals surface area contributed by atoms with Crippen LogP contribution in [0.25, 0.3) is 0 Å². The minimum atomic E-state index is -3.65. The molecule has 0 aromatic heterocycles. The van der Waals surface area contributed by atoms with Gasteiger partial charge < -0.3 is 14.8 Å². The van der Waals surface area contributed by atoms with Gasteiger partial charge in [-0.15, -0.1) is 12.4 Å². The van der Waals surface area contributed by atoms with E-state index < -0.39 is 10.0 Å². The first kappa shape index (κ1) is 20.5. The van der Waals surface area contributed by atoms with E-state index in [-0.39, 0.29) is 23.1 Å². The number of benzene rings is 1. The van der Waals surface area contributed by atoms with E-state index in [1.807, 2.05) is 6.92 Å². The van der Waals surface area contributed by atoms with E-state index >= 15 is 0 Å². The quantitative estimate of drug-likeness (QED) is 0.647. The topological polar surface area (TPSA) is 76.7 Å². The maximum Gasteiger partial charge on any atom is 0.244 e. The number of ether oxygens (including phenoxy) is 2. The summed E-state index contributed by atoms with van der Waals surface area (Å²) in [6.07, 6.45) is 0. The zero-order valence-corrected chi connectivity index (χ0v) is 15.3. The average Bonchev–Trinajstić information content (AvgIpc) is 2.43. The van der Waals surface area contributed by atoms with Gasteiger partial charge in [0, 0.05) is 19.2 Å². The first-order valence-corrected chi connectivity index (χ1v) is 8.35. The van der Waals surface area contributed by atoms with Crippen molar-refractivity contribution in [3.05, 3.63) is 16.6 Å². The van der Waals surface area contributed by atoms with Crippen LogP contribution in [0.3, 0.4) is 0 Å². The lowest BCUT2D eigenvalue weighted by Crippen LogP contribution is -2.32. The zero-order chi connectivity index (χ0) is 15.2. The molecule has 1 aromatic carbocycles. The molecule has 0 saturated heterocycles. The van der Waals surface area contributed by atoms with Gasteiger partial charge in [-0.3, -0.25) is 0 Å². The molecule has 0 aliphatic heterocycles. The first-order chi connectivity index (χ1) is 9.46. The molecule has 122 valence electrons. The van der Waals surface area contributed by atoms with Crippen molar-refractivity contribution in [3.8, 4) is 11.5 Å². The summed E-state index contributed by atoms with van der Waals surface area (Å²) in [5.74, 6) is 0.687. The van der Waals surface area contributed by atoms with Gasteiger partial charge in [-0.1, -0.05) is 6.92 Å². The van der Waals surface area contributed by atoms with Gasteiger partial charge in [0.15, 0.2) is 0 Å². The summed E-state index contributed by atoms with van der Waals surface area (Å²) in [7, 11) is -0.752. The van der Waals surface area contributed by atoms with Gasteiger partial charge in [0.2, 0.25) is 10.0 Å². The van der Waals surface area contributed by atoms with Crippen molar-refractivity contribution in [1.29, 1.82) is 0 Å². The molecule has 0 saturated carbocycles. The van der Waals surface area contributed by atoms with E-state index in [1.54, 1.807) is 6.07 Å². The molecule has 0 bridgehead atoms. The molecule has 0 atom stereocenters. The van der Waals surface area contributed by atoms with Gasteiger partial charge in [-0.2, -0.15) is 0 Å². The van der Waals surface area contributed by atoms with Gasteiger partial charge >= 0.3 is 0 Å². The van der Waals surface area contributed by atoms with E-state index in [0.717, 1.165) is 6.54 Å². The number of nitrogens with one attached hydrogen (secondary N) is 2. The highest BCUT2D eigenvalue weighted by molar-refractivity contribution is 9.10. The molecule has 9 heteroatoms. The predicted octanol–water partition coefficient (Wildman–Crippen LogP) is 1.78. The van der Waals surface area contributed by atoms with Gasteiger partial charge in [0.05, 0.1) is 18.7 Å². The van der Waals surface area contributed by atoms with Crippen LogP contribution >= 0.6 is 28.3 Å². The van der Waals surface area contributed by atoms with Crippen molar-refractivity contribution >= 4 is 38.4 Å². The highest BCUT2D eigenvalue weighted by Gasteiger charge is 2.21. The van der Waals surface area contributed by atoms with Crippen molar-refractivity contribution in [3.63, 3.8) is 0 Å². The summed E-state index contributed by atoms with van der Waals surface area (Å²) in [4.78, 5) is 0.0524. The highest BCUT2D eigenvalue weighted by Crippen LogP contribution is 2.35. The lowest BCUT2D eigenvalue weighted by molar-refractivity contribution is 0.390. The van der Waals surface area contributed by atoms with Crippen molar-refractivity contribution in [2.24, 2.45) is 0 Å². The molecular formula is C12H20BrClN2O4S. The fourth-order valence-electron chi connectivity index (χ4n) is 1.57. The maximum atomic E-state index is 12.3. The van der Waals surface area contributed by atoms with E-state index in [4.69, 9.17) is 9.47 Å². The third-order valence-corrected chi connectivity index (χ3v) is 4.67. The van der Waals surface area contributed by atoms with Crippen LogP contribution in [0.5, 0.6) is 11.5 Å². The largest absolute Gasteiger partial charge is 0.496 e. The zero-order valence-electron chi connectivity index (χ0n) is 12.1. The maximum absolute atomic E-state index is 12.3. The number of methoxy groups -OCH3 is 2. The molecule has 2 N–H and O–H groups in total. The molecule has 0 fully saturated rings. The highest BCUT2D eigenvalue weighted by atomic mass is 79.9. The van der Waals surface area contributed by atoms with Crippen LogP contribution in [0.15, 0.2) is 21.5 Å². The standard InChI is InChI=1S/C12H19BrN2O4S.ClH/c1-4-14-5-6-15-20(16,17)12-8-10(18-2)9(13)7-11(12)19-3;/h7-8,14-15H,4-6H2,1-3H3;1H. The Kier molecular flexibility index (Phi) is 9.23. The van der Waals surface area contributed by atoms with Crippen LogP contribution in [0, 0.1) is 0 Å². The Balaban J connectivity index is 0.00000400. The Morgan fingerprint density at radius 2 is 1.76 bits per heavy atom. The van der Waals surface area contributed by atoms with Gasteiger partial charge in [-0.25, -0.2) is 13.1 Å². The summed E-state index contributed by atoms with van der Waals surface area (Å²) in [5.41, 5.74) is 0. The van der Waals surface area contributed by atoms with Gasteiger partial charge in [0.1, 0.15) is 16.4 Å². The summed E-state index contributed by atoms with van der Waals surface area (Å²) >= 11 is 3.29. The Hall–Kier alpha value is -0.540. The van der Waals surface area contributed by atoms with Crippen LogP contribution in [-0.2, 0) is 10.0 Å². The molecule has 0 spiro atoms. The Morgan fingerprint density at radius 3 is 2.29 bits per heavy atom. The SMILES string of the molecule is CCNCCNS(=O)(=O)c1cc(OC)c(Br)cc1OC.Cl. The summed E-state index contributed by atoms with van der Waals surface area (Å²) < 4.78 is 37.9. The molecule has 0 amide bonds. The Morgan fingerprint density at radius 1 is 1.14 bits per heavy atom. The van der Waals surface area contributed by atoms with Crippen molar-refractivity contribution < 1.29 is 17.9 Å². The van der Waals surface area contributed by atoms with E-state index in [9.17, 15) is 8.42 Å². The molecule has 6 nitrogen and oxygen atoms in total. The van der Waals surface area contributed by atoms with Crippen LogP contribution in [0.2, 0.25) is 0 Å². The average molecular weight is 404 g/mol. The monoisotopic (exact) mass is 402 g/mol. The fraction of sp³-hybridized carbons (Fsp3) is 0.500. The Labute approximate surface area is 140 Å². The van der Waals surface area contributed by atoms with E-state index in [2.05, 4.69) is 26.0 Å². The van der Waals surface area contributed by atoms with E-state index in [1.165, 1.54) is 20.3 Å². The van der Waals surface area contributed by atoms with Crippen LogP contribution in [0.4, 0.5) is 0 Å². The molecule has 0 radical (unpaired) electrons. The molecule has 1 aromatic rings. The minimum absolute atomic E-state index is 0. The molecule has 0 aliphatic rings. The molecule has 21 heavy (non-hydrogen) atoms. The molecule has 1 rings (SSSR count). The third kappa shape index (κ3) is 5.63. The van der Waals surface area contributed by atoms with Gasteiger partial charge in [0.25, 0.3) is 0 Å². The number of sulfonamides is 1. The number of hydrogen-bond donors (Lipinski definition) is 2. The molecular weight excluding hydrogens is 384 g/mol. The number of rotatable bonds is 8. The van der Waals surface area contributed by atoms with Crippen LogP contribution in [0.1, 0.15) is 6.92 Å². The molecule has 0 aliphatic carbocycles. The normalized spacial score (nSPS) is 10.9. The first-order valence-electron chi connectivity index (χ1n) is 6.08. The third-order valence-electron chi connectivity index (χ3n) is 2.57. The molecule has 0 heterocycles. The smallest absolute Gasteiger partial charge is 0.244 e. The lowest BCUT2D eigenvalue weighted by Gasteiger charge is -2.13. The second-order valence-corrected chi connectivity index (χ2v) is 6.48. The summed E-state index contributed by atoms with van der Waals surface area (Å²) in [6, 6.07) is 3.00. The van der Waals surface area contributed by atoms with Crippen molar-refractivity contribution in [2.45, 2.75) is 11.8 Å². The lowest BCUT2D eigenvalue weighted by atomic mass is 10.3. The predicted molar refractivity (Wildman–Crippen MR) is 88.2 cm³/mol. The molecule has 0 unspecified atom stereocenters. The van der Waals surface area contributed by atoms with Crippen molar-refractivity contribution in [1.82, 2.24) is 10.0 Å². The number of likely N-dealkylation sites (N-methyl/N-ethyl adjacent to an activating group) is 1. The van der Waals surface area contributed by atoms with Crippen molar-refractivity contribution in [2.75, 3.05) is 33.9 Å². The second kappa shape index (κ2) is 9.47. The van der Waals surface area contributed by atoms with E-state index in [0.29, 0.717) is 23.3 Å². The van der Waals surface area contributed by atoms with Crippen LogP contribution < -0.4 is 19.5 Å². The minimum Gasteiger partial charge on any atom is -0.496 e. The van der Waals surface area contributed by atoms with Gasteiger partial charge in [-0.05, 0) is 28.5 Å². The summed E-state index contributed by atoms with van der Waals surface area (Å²) in [5, 5.41) is 3.04. The second-order valence-electron chi connectivity index (χ2n) is 3.89.